The molecule has 0 atom stereocenters. The van der Waals surface area contributed by atoms with Gasteiger partial charge in [0, 0.05) is 77.6 Å². The third-order valence-corrected chi connectivity index (χ3v) is 5.94. The van der Waals surface area contributed by atoms with Gasteiger partial charge < -0.3 is 24.2 Å². The normalized spacial score (nSPS) is 18.1. The number of nitrogens with one attached hydrogen (secondary N) is 1. The van der Waals surface area contributed by atoms with Gasteiger partial charge in [0.1, 0.15) is 18.6 Å². The summed E-state index contributed by atoms with van der Waals surface area (Å²) < 4.78 is 16.5. The van der Waals surface area contributed by atoms with Gasteiger partial charge in [0.05, 0.1) is 18.9 Å². The molecule has 2 aromatic rings. The molecule has 0 spiro atoms. The zero-order valence-electron chi connectivity index (χ0n) is 19.3. The van der Waals surface area contributed by atoms with Gasteiger partial charge >= 0.3 is 0 Å². The van der Waals surface area contributed by atoms with Crippen LogP contribution in [0.5, 0.6) is 5.75 Å². The Bertz CT molecular complexity index is 836. The number of para-hydroxylation sites is 1. The monoisotopic (exact) mass is 570 g/mol. The summed E-state index contributed by atoms with van der Waals surface area (Å²) >= 11 is 0. The van der Waals surface area contributed by atoms with Crippen LogP contribution in [-0.4, -0.2) is 98.5 Å². The quantitative estimate of drug-likeness (QED) is 0.293. The molecule has 2 aliphatic rings. The van der Waals surface area contributed by atoms with Gasteiger partial charge in [-0.2, -0.15) is 0 Å². The lowest BCUT2D eigenvalue weighted by molar-refractivity contribution is 0.0322. The Morgan fingerprint density at radius 1 is 1.06 bits per heavy atom. The number of guanidine groups is 1. The molecule has 2 fully saturated rings. The van der Waals surface area contributed by atoms with Gasteiger partial charge in [-0.3, -0.25) is 14.8 Å². The van der Waals surface area contributed by atoms with Gasteiger partial charge in [0.25, 0.3) is 0 Å². The van der Waals surface area contributed by atoms with E-state index in [4.69, 9.17) is 14.0 Å². The molecule has 0 radical (unpaired) electrons. The van der Waals surface area contributed by atoms with Crippen molar-refractivity contribution in [2.75, 3.05) is 72.7 Å². The Kier molecular flexibility index (Phi) is 10.7. The molecule has 0 saturated carbocycles. The fourth-order valence-corrected chi connectivity index (χ4v) is 4.07. The van der Waals surface area contributed by atoms with Crippen molar-refractivity contribution in [1.29, 1.82) is 0 Å². The molecule has 0 bridgehead atoms. The molecule has 0 aliphatic carbocycles. The zero-order valence-corrected chi connectivity index (χ0v) is 21.6. The van der Waals surface area contributed by atoms with E-state index in [1.807, 2.05) is 25.2 Å². The third-order valence-electron chi connectivity index (χ3n) is 5.94. The summed E-state index contributed by atoms with van der Waals surface area (Å²) in [5.74, 6) is 1.86. The van der Waals surface area contributed by atoms with E-state index in [0.29, 0.717) is 13.2 Å². The minimum Gasteiger partial charge on any atom is -0.492 e. The number of aliphatic imine (C=N–C) groups is 1. The van der Waals surface area contributed by atoms with Crippen LogP contribution < -0.4 is 10.1 Å². The summed E-state index contributed by atoms with van der Waals surface area (Å²) in [6.07, 6.45) is 1.63. The molecule has 10 heteroatoms. The number of rotatable bonds is 8. The number of halogens is 1. The second-order valence-electron chi connectivity index (χ2n) is 8.06. The summed E-state index contributed by atoms with van der Waals surface area (Å²) in [4.78, 5) is 11.6. The smallest absolute Gasteiger partial charge is 0.194 e. The summed E-state index contributed by atoms with van der Waals surface area (Å²) in [5.41, 5.74) is 2.12. The van der Waals surface area contributed by atoms with Gasteiger partial charge in [-0.1, -0.05) is 23.4 Å². The Balaban J connectivity index is 0.00000306. The van der Waals surface area contributed by atoms with Gasteiger partial charge in [0.15, 0.2) is 5.96 Å². The van der Waals surface area contributed by atoms with Crippen LogP contribution in [-0.2, 0) is 17.8 Å². The van der Waals surface area contributed by atoms with Gasteiger partial charge in [0.2, 0.25) is 0 Å². The molecule has 2 aliphatic heterocycles. The van der Waals surface area contributed by atoms with Crippen LogP contribution in [0.15, 0.2) is 46.1 Å². The van der Waals surface area contributed by atoms with Crippen LogP contribution in [0.25, 0.3) is 0 Å². The first-order chi connectivity index (χ1) is 15.8. The Morgan fingerprint density at radius 2 is 1.85 bits per heavy atom. The number of benzene rings is 1. The number of nitrogens with zero attached hydrogens (tertiary/aromatic N) is 5. The Morgan fingerprint density at radius 3 is 2.58 bits per heavy atom. The number of ether oxygens (including phenoxy) is 2. The lowest BCUT2D eigenvalue weighted by atomic mass is 10.2. The van der Waals surface area contributed by atoms with Crippen molar-refractivity contribution >= 4 is 29.9 Å². The molecule has 3 heterocycles. The van der Waals surface area contributed by atoms with E-state index in [1.54, 1.807) is 6.26 Å². The summed E-state index contributed by atoms with van der Waals surface area (Å²) in [5, 5.41) is 7.53. The molecule has 0 amide bonds. The van der Waals surface area contributed by atoms with Crippen molar-refractivity contribution in [3.8, 4) is 5.75 Å². The highest BCUT2D eigenvalue weighted by Gasteiger charge is 2.20. The second kappa shape index (κ2) is 13.7. The summed E-state index contributed by atoms with van der Waals surface area (Å²) in [6, 6.07) is 10.2. The maximum Gasteiger partial charge on any atom is 0.194 e. The third kappa shape index (κ3) is 7.83. The molecule has 33 heavy (non-hydrogen) atoms. The van der Waals surface area contributed by atoms with Gasteiger partial charge in [-0.05, 0) is 6.07 Å². The maximum absolute atomic E-state index is 6.12. The number of piperazine rings is 1. The lowest BCUT2D eigenvalue weighted by Crippen LogP contribution is -2.52. The molecule has 4 rings (SSSR count). The predicted molar refractivity (Wildman–Crippen MR) is 138 cm³/mol. The van der Waals surface area contributed by atoms with E-state index in [2.05, 4.69) is 42.3 Å². The minimum absolute atomic E-state index is 0. The van der Waals surface area contributed by atoms with Crippen molar-refractivity contribution in [3.05, 3.63) is 47.9 Å². The molecular formula is C23H35IN6O3. The van der Waals surface area contributed by atoms with Crippen LogP contribution in [0.3, 0.4) is 0 Å². The molecule has 182 valence electrons. The first-order valence-electron chi connectivity index (χ1n) is 11.4. The molecule has 0 unspecified atom stereocenters. The van der Waals surface area contributed by atoms with Crippen LogP contribution in [0, 0.1) is 0 Å². The van der Waals surface area contributed by atoms with E-state index >= 15 is 0 Å². The van der Waals surface area contributed by atoms with E-state index in [-0.39, 0.29) is 24.0 Å². The number of morpholine rings is 1. The van der Waals surface area contributed by atoms with Crippen molar-refractivity contribution in [1.82, 2.24) is 25.2 Å². The minimum atomic E-state index is 0. The largest absolute Gasteiger partial charge is 0.492 e. The molecule has 1 aromatic heterocycles. The lowest BCUT2D eigenvalue weighted by Gasteiger charge is -2.36. The highest BCUT2D eigenvalue weighted by Crippen LogP contribution is 2.18. The fourth-order valence-electron chi connectivity index (χ4n) is 4.07. The Labute approximate surface area is 213 Å². The summed E-state index contributed by atoms with van der Waals surface area (Å²) in [6.45, 7) is 10.5. The van der Waals surface area contributed by atoms with Crippen LogP contribution in [0.1, 0.15) is 11.3 Å². The first-order valence-corrected chi connectivity index (χ1v) is 11.4. The molecule has 1 aromatic carbocycles. The summed E-state index contributed by atoms with van der Waals surface area (Å²) in [7, 11) is 1.84. The number of aromatic nitrogens is 1. The second-order valence-corrected chi connectivity index (χ2v) is 8.06. The van der Waals surface area contributed by atoms with Gasteiger partial charge in [-0.25, -0.2) is 0 Å². The fraction of sp³-hybridized carbons (Fsp3) is 0.565. The Hall–Kier alpha value is -1.89. The standard InChI is InChI=1S/C23H34N6O3.HI/c1-24-23(29-9-7-28(8-10-29)19-21-6-14-32-26-21)25-18-20-4-2-3-5-22(20)31-17-13-27-11-15-30-16-12-27;/h2-6,14H,7-13,15-19H2,1H3,(H,24,25);1H. The highest BCUT2D eigenvalue weighted by atomic mass is 127. The van der Waals surface area contributed by atoms with Crippen molar-refractivity contribution in [3.63, 3.8) is 0 Å². The highest BCUT2D eigenvalue weighted by molar-refractivity contribution is 14.0. The molecule has 2 saturated heterocycles. The number of hydrogen-bond acceptors (Lipinski definition) is 7. The first kappa shape index (κ1) is 25.7. The van der Waals surface area contributed by atoms with E-state index in [1.165, 1.54) is 0 Å². The van der Waals surface area contributed by atoms with Crippen molar-refractivity contribution < 1.29 is 14.0 Å². The van der Waals surface area contributed by atoms with E-state index < -0.39 is 0 Å². The average molecular weight is 570 g/mol. The topological polar surface area (TPSA) is 78.6 Å². The number of hydrogen-bond donors (Lipinski definition) is 1. The van der Waals surface area contributed by atoms with E-state index in [9.17, 15) is 0 Å². The SMILES string of the molecule is CN=C(NCc1ccccc1OCCN1CCOCC1)N1CCN(Cc2ccon2)CC1.I. The van der Waals surface area contributed by atoms with Crippen molar-refractivity contribution in [2.45, 2.75) is 13.1 Å². The molecular weight excluding hydrogens is 535 g/mol. The predicted octanol–water partition coefficient (Wildman–Crippen LogP) is 1.90. The van der Waals surface area contributed by atoms with Crippen LogP contribution in [0.4, 0.5) is 0 Å². The zero-order chi connectivity index (χ0) is 22.0. The average Bonchev–Trinajstić information content (AvgIpc) is 3.35. The van der Waals surface area contributed by atoms with E-state index in [0.717, 1.165) is 88.5 Å². The maximum atomic E-state index is 6.12. The molecule has 1 N–H and O–H groups in total. The van der Waals surface area contributed by atoms with Crippen molar-refractivity contribution in [2.24, 2.45) is 4.99 Å². The molecule has 9 nitrogen and oxygen atoms in total. The van der Waals surface area contributed by atoms with Crippen LogP contribution in [0.2, 0.25) is 0 Å². The van der Waals surface area contributed by atoms with Gasteiger partial charge in [-0.15, -0.1) is 24.0 Å². The van der Waals surface area contributed by atoms with Crippen LogP contribution >= 0.6 is 24.0 Å².